The summed E-state index contributed by atoms with van der Waals surface area (Å²) in [5.41, 5.74) is 3.27. The monoisotopic (exact) mass is 537 g/mol. The number of amides is 1. The van der Waals surface area contributed by atoms with Crippen LogP contribution in [0.1, 0.15) is 46.1 Å². The van der Waals surface area contributed by atoms with E-state index in [1.165, 1.54) is 23.1 Å². The number of esters is 1. The van der Waals surface area contributed by atoms with Gasteiger partial charge in [-0.25, -0.2) is 9.78 Å². The second kappa shape index (κ2) is 12.1. The molecule has 1 amide bonds. The van der Waals surface area contributed by atoms with Crippen LogP contribution in [0.15, 0.2) is 35.4 Å². The molecule has 1 N–H and O–H groups in total. The zero-order chi connectivity index (χ0) is 26.4. The molecule has 0 fully saturated rings. The molecule has 10 heteroatoms. The molecular weight excluding hydrogens is 510 g/mol. The molecule has 1 aliphatic rings. The first-order valence-electron chi connectivity index (χ1n) is 11.9. The maximum atomic E-state index is 12.9. The molecule has 0 saturated carbocycles. The van der Waals surface area contributed by atoms with E-state index >= 15 is 0 Å². The van der Waals surface area contributed by atoms with E-state index < -0.39 is 5.97 Å². The summed E-state index contributed by atoms with van der Waals surface area (Å²) < 4.78 is 16.0. The van der Waals surface area contributed by atoms with Crippen molar-refractivity contribution in [1.29, 1.82) is 5.26 Å². The van der Waals surface area contributed by atoms with Crippen molar-refractivity contribution in [2.45, 2.75) is 37.6 Å². The predicted molar refractivity (Wildman–Crippen MR) is 144 cm³/mol. The molecule has 37 heavy (non-hydrogen) atoms. The maximum absolute atomic E-state index is 12.9. The predicted octanol–water partition coefficient (Wildman–Crippen LogP) is 5.49. The number of hydrogen-bond donors (Lipinski definition) is 1. The lowest BCUT2D eigenvalue weighted by atomic mass is 9.95. The van der Waals surface area contributed by atoms with E-state index in [4.69, 9.17) is 14.2 Å². The topological polar surface area (TPSA) is 111 Å². The molecule has 4 rings (SSSR count). The van der Waals surface area contributed by atoms with Crippen molar-refractivity contribution < 1.29 is 23.8 Å². The Balaban J connectivity index is 1.53. The average Bonchev–Trinajstić information content (AvgIpc) is 3.29. The number of hydrogen-bond acceptors (Lipinski definition) is 9. The molecule has 1 aromatic carbocycles. The maximum Gasteiger partial charge on any atom is 0.341 e. The smallest absolute Gasteiger partial charge is 0.341 e. The third-order valence-electron chi connectivity index (χ3n) is 5.90. The third kappa shape index (κ3) is 5.89. The van der Waals surface area contributed by atoms with E-state index in [2.05, 4.69) is 16.4 Å². The number of benzene rings is 1. The van der Waals surface area contributed by atoms with Crippen LogP contribution in [0.4, 0.5) is 5.00 Å². The first-order chi connectivity index (χ1) is 18.0. The number of carbonyl (C=O) groups is 2. The van der Waals surface area contributed by atoms with Gasteiger partial charge in [0.15, 0.2) is 11.5 Å². The number of thiophene rings is 1. The van der Waals surface area contributed by atoms with Crippen LogP contribution in [0.3, 0.4) is 0 Å². The Labute approximate surface area is 224 Å². The second-order valence-electron chi connectivity index (χ2n) is 8.20. The average molecular weight is 538 g/mol. The molecule has 3 aromatic rings. The van der Waals surface area contributed by atoms with Crippen LogP contribution in [-0.4, -0.2) is 43.4 Å². The van der Waals surface area contributed by atoms with Gasteiger partial charge in [-0.2, -0.15) is 5.26 Å². The van der Waals surface area contributed by atoms with Crippen molar-refractivity contribution in [3.05, 3.63) is 51.9 Å². The number of carbonyl (C=O) groups excluding carboxylic acids is 2. The normalized spacial score (nSPS) is 12.3. The number of aromatic nitrogens is 1. The number of thioether (sulfide) groups is 1. The summed E-state index contributed by atoms with van der Waals surface area (Å²) in [5.74, 6) is 0.513. The van der Waals surface area contributed by atoms with Crippen LogP contribution in [0.2, 0.25) is 0 Å². The van der Waals surface area contributed by atoms with E-state index in [1.54, 1.807) is 39.3 Å². The summed E-state index contributed by atoms with van der Waals surface area (Å²) in [4.78, 5) is 31.4. The van der Waals surface area contributed by atoms with E-state index in [0.717, 1.165) is 41.7 Å². The number of rotatable bonds is 9. The van der Waals surface area contributed by atoms with Gasteiger partial charge in [-0.1, -0.05) is 11.8 Å². The summed E-state index contributed by atoms with van der Waals surface area (Å²) in [6.07, 6.45) is 3.79. The second-order valence-corrected chi connectivity index (χ2v) is 10.3. The summed E-state index contributed by atoms with van der Waals surface area (Å²) in [6.45, 7) is 2.03. The molecule has 2 heterocycles. The van der Waals surface area contributed by atoms with Crippen molar-refractivity contribution >= 4 is 40.0 Å². The zero-order valence-electron chi connectivity index (χ0n) is 20.9. The van der Waals surface area contributed by atoms with E-state index in [1.807, 2.05) is 12.1 Å². The largest absolute Gasteiger partial charge is 0.493 e. The number of methoxy groups -OCH3 is 2. The number of pyridine rings is 1. The first-order valence-corrected chi connectivity index (χ1v) is 13.7. The van der Waals surface area contributed by atoms with E-state index in [9.17, 15) is 14.9 Å². The standard InChI is InChI=1S/C27H27N3O5S2/c1-4-35-27(32)24-18-7-5-6-8-22(18)37-26(24)30-23(31)15-36-25-17(14-28)9-11-19(29-25)16-10-12-20(33-2)21(13-16)34-3/h9-13H,4-8,15H2,1-3H3,(H,30,31). The molecule has 0 unspecified atom stereocenters. The highest BCUT2D eigenvalue weighted by Crippen LogP contribution is 2.39. The highest BCUT2D eigenvalue weighted by molar-refractivity contribution is 8.00. The highest BCUT2D eigenvalue weighted by atomic mass is 32.2. The third-order valence-corrected chi connectivity index (χ3v) is 8.10. The SMILES string of the molecule is CCOC(=O)c1c(NC(=O)CSc2nc(-c3ccc(OC)c(OC)c3)ccc2C#N)sc2c1CCCC2. The fraction of sp³-hybridized carbons (Fsp3) is 0.333. The van der Waals surface area contributed by atoms with Crippen LogP contribution >= 0.6 is 23.1 Å². The Morgan fingerprint density at radius 3 is 2.65 bits per heavy atom. The molecule has 0 saturated heterocycles. The molecule has 192 valence electrons. The van der Waals surface area contributed by atoms with E-state index in [-0.39, 0.29) is 18.3 Å². The van der Waals surface area contributed by atoms with Crippen molar-refractivity contribution in [2.24, 2.45) is 0 Å². The quantitative estimate of drug-likeness (QED) is 0.282. The summed E-state index contributed by atoms with van der Waals surface area (Å²) in [6, 6.07) is 11.0. The van der Waals surface area contributed by atoms with Crippen LogP contribution < -0.4 is 14.8 Å². The van der Waals surface area contributed by atoms with Gasteiger partial charge in [-0.3, -0.25) is 4.79 Å². The Morgan fingerprint density at radius 2 is 1.92 bits per heavy atom. The number of nitrogens with one attached hydrogen (secondary N) is 1. The van der Waals surface area contributed by atoms with Crippen LogP contribution in [-0.2, 0) is 22.4 Å². The van der Waals surface area contributed by atoms with Crippen molar-refractivity contribution in [1.82, 2.24) is 4.98 Å². The Bertz CT molecular complexity index is 1360. The van der Waals surface area contributed by atoms with Gasteiger partial charge in [0.05, 0.1) is 43.4 Å². The van der Waals surface area contributed by atoms with Crippen LogP contribution in [0.5, 0.6) is 11.5 Å². The number of nitrogens with zero attached hydrogens (tertiary/aromatic N) is 2. The van der Waals surface area contributed by atoms with Crippen molar-refractivity contribution in [3.63, 3.8) is 0 Å². The molecule has 0 spiro atoms. The number of ether oxygens (including phenoxy) is 3. The van der Waals surface area contributed by atoms with Gasteiger partial charge < -0.3 is 19.5 Å². The number of fused-ring (bicyclic) bond motifs is 1. The zero-order valence-corrected chi connectivity index (χ0v) is 22.5. The minimum atomic E-state index is -0.402. The Morgan fingerprint density at radius 1 is 1.14 bits per heavy atom. The Kier molecular flexibility index (Phi) is 8.69. The molecule has 0 bridgehead atoms. The molecule has 0 radical (unpaired) electrons. The minimum Gasteiger partial charge on any atom is -0.493 e. The number of anilines is 1. The fourth-order valence-electron chi connectivity index (χ4n) is 4.16. The van der Waals surface area contributed by atoms with Gasteiger partial charge >= 0.3 is 5.97 Å². The van der Waals surface area contributed by atoms with Gasteiger partial charge in [0, 0.05) is 10.4 Å². The first kappa shape index (κ1) is 26.5. The lowest BCUT2D eigenvalue weighted by molar-refractivity contribution is -0.113. The van der Waals surface area contributed by atoms with Crippen LogP contribution in [0.25, 0.3) is 11.3 Å². The van der Waals surface area contributed by atoms with Gasteiger partial charge in [0.2, 0.25) is 5.91 Å². The van der Waals surface area contributed by atoms with Crippen molar-refractivity contribution in [3.8, 4) is 28.8 Å². The van der Waals surface area contributed by atoms with Gasteiger partial charge in [-0.05, 0) is 68.5 Å². The lowest BCUT2D eigenvalue weighted by Crippen LogP contribution is -2.17. The van der Waals surface area contributed by atoms with Gasteiger partial charge in [-0.15, -0.1) is 11.3 Å². The van der Waals surface area contributed by atoms with Gasteiger partial charge in [0.25, 0.3) is 0 Å². The molecule has 0 atom stereocenters. The highest BCUT2D eigenvalue weighted by Gasteiger charge is 2.27. The molecule has 8 nitrogen and oxygen atoms in total. The summed E-state index contributed by atoms with van der Waals surface area (Å²) >= 11 is 2.62. The van der Waals surface area contributed by atoms with Gasteiger partial charge in [0.1, 0.15) is 16.1 Å². The Hall–Kier alpha value is -3.55. The van der Waals surface area contributed by atoms with E-state index in [0.29, 0.717) is 38.3 Å². The van der Waals surface area contributed by atoms with Crippen molar-refractivity contribution in [2.75, 3.05) is 31.9 Å². The molecule has 2 aromatic heterocycles. The fourth-order valence-corrected chi connectivity index (χ4v) is 6.23. The number of aryl methyl sites for hydroxylation is 1. The minimum absolute atomic E-state index is 0.0297. The molecular formula is C27H27N3O5S2. The molecule has 0 aliphatic heterocycles. The molecule has 1 aliphatic carbocycles. The lowest BCUT2D eigenvalue weighted by Gasteiger charge is -2.12. The summed E-state index contributed by atoms with van der Waals surface area (Å²) in [5, 5.41) is 13.5. The summed E-state index contributed by atoms with van der Waals surface area (Å²) in [7, 11) is 3.13. The van der Waals surface area contributed by atoms with Crippen LogP contribution in [0, 0.1) is 11.3 Å². The number of nitriles is 1.